The van der Waals surface area contributed by atoms with Crippen LogP contribution in [0.1, 0.15) is 12.8 Å². The predicted molar refractivity (Wildman–Crippen MR) is 134 cm³/mol. The standard InChI is InChI=1S/C18H46N4O2Si4/c1-25(2,3)20-16(17(23)24-28(10,11)12)14-13-15-19-18(21-26(4,5)6)22-27(7,8)9/h16,20H,13-15H2,1-12H3,(H2,19,21,22). The average molecular weight is 463 g/mol. The SMILES string of the molecule is C[Si](C)(C)NC(=NCCCC(N[Si](C)(C)C)C(=O)O[Si](C)(C)C)N[Si](C)(C)C. The van der Waals surface area contributed by atoms with Crippen LogP contribution in [0.25, 0.3) is 0 Å². The van der Waals surface area contributed by atoms with Gasteiger partial charge in [0.1, 0.15) is 24.7 Å². The number of aliphatic imine (C=N–C) groups is 1. The Morgan fingerprint density at radius 2 is 1.29 bits per heavy atom. The van der Waals surface area contributed by atoms with Crippen LogP contribution in [-0.2, 0) is 9.22 Å². The number of carbonyl (C=O) groups is 1. The maximum Gasteiger partial charge on any atom is 0.309 e. The van der Waals surface area contributed by atoms with Crippen LogP contribution in [0.15, 0.2) is 4.99 Å². The molecule has 10 heteroatoms. The van der Waals surface area contributed by atoms with Crippen LogP contribution < -0.4 is 14.9 Å². The van der Waals surface area contributed by atoms with Crippen molar-refractivity contribution in [2.45, 2.75) is 97.4 Å². The molecule has 3 N–H and O–H groups in total. The Balaban J connectivity index is 5.02. The van der Waals surface area contributed by atoms with Gasteiger partial charge in [0, 0.05) is 6.54 Å². The van der Waals surface area contributed by atoms with E-state index in [4.69, 9.17) is 9.42 Å². The first-order chi connectivity index (χ1) is 12.3. The molecule has 0 bridgehead atoms. The van der Waals surface area contributed by atoms with Gasteiger partial charge in [0.25, 0.3) is 0 Å². The maximum absolute atomic E-state index is 12.7. The van der Waals surface area contributed by atoms with Gasteiger partial charge in [0.15, 0.2) is 5.96 Å². The molecule has 0 aromatic carbocycles. The van der Waals surface area contributed by atoms with Crippen LogP contribution in [0.3, 0.4) is 0 Å². The van der Waals surface area contributed by atoms with Crippen LogP contribution in [0, 0.1) is 0 Å². The molecule has 0 radical (unpaired) electrons. The lowest BCUT2D eigenvalue weighted by molar-refractivity contribution is -0.137. The van der Waals surface area contributed by atoms with Gasteiger partial charge in [0.05, 0.1) is 6.04 Å². The van der Waals surface area contributed by atoms with Crippen LogP contribution in [-0.4, -0.2) is 57.5 Å². The van der Waals surface area contributed by atoms with Gasteiger partial charge >= 0.3 is 5.97 Å². The summed E-state index contributed by atoms with van der Waals surface area (Å²) in [5, 5.41) is 0. The number of guanidine groups is 1. The van der Waals surface area contributed by atoms with Gasteiger partial charge in [0.2, 0.25) is 8.32 Å². The van der Waals surface area contributed by atoms with Gasteiger partial charge in [-0.3, -0.25) is 9.79 Å². The topological polar surface area (TPSA) is 74.8 Å². The molecule has 0 rings (SSSR count). The van der Waals surface area contributed by atoms with E-state index in [1.165, 1.54) is 0 Å². The van der Waals surface area contributed by atoms with Crippen molar-refractivity contribution >= 4 is 45.0 Å². The number of nitrogens with zero attached hydrogens (tertiary/aromatic N) is 1. The number of rotatable bonds is 10. The van der Waals surface area contributed by atoms with Crippen molar-refractivity contribution < 1.29 is 9.22 Å². The van der Waals surface area contributed by atoms with Crippen molar-refractivity contribution in [2.24, 2.45) is 4.99 Å². The molecule has 0 aliphatic heterocycles. The predicted octanol–water partition coefficient (Wildman–Crippen LogP) is 4.14. The lowest BCUT2D eigenvalue weighted by atomic mass is 10.2. The third kappa shape index (κ3) is 16.5. The van der Waals surface area contributed by atoms with Crippen molar-refractivity contribution in [3.8, 4) is 0 Å². The summed E-state index contributed by atoms with van der Waals surface area (Å²) >= 11 is 0. The smallest absolute Gasteiger partial charge is 0.309 e. The van der Waals surface area contributed by atoms with E-state index in [9.17, 15) is 4.79 Å². The van der Waals surface area contributed by atoms with E-state index in [0.717, 1.165) is 18.8 Å². The Hall–Kier alpha value is -0.432. The highest BCUT2D eigenvalue weighted by molar-refractivity contribution is 6.79. The van der Waals surface area contributed by atoms with Gasteiger partial charge in [-0.25, -0.2) is 0 Å². The molecule has 0 saturated heterocycles. The average Bonchev–Trinajstić information content (AvgIpc) is 2.34. The minimum Gasteiger partial charge on any atom is -0.519 e. The van der Waals surface area contributed by atoms with Crippen molar-refractivity contribution in [1.29, 1.82) is 0 Å². The molecular weight excluding hydrogens is 417 g/mol. The molecule has 28 heavy (non-hydrogen) atoms. The Kier molecular flexibility index (Phi) is 10.4. The molecule has 166 valence electrons. The molecule has 0 saturated carbocycles. The normalized spacial score (nSPS) is 14.3. The van der Waals surface area contributed by atoms with Crippen molar-refractivity contribution in [3.05, 3.63) is 0 Å². The Bertz CT molecular complexity index is 512. The highest BCUT2D eigenvalue weighted by Crippen LogP contribution is 2.11. The minimum absolute atomic E-state index is 0.0914. The number of hydrogen-bond donors (Lipinski definition) is 3. The summed E-state index contributed by atoms with van der Waals surface area (Å²) in [6.07, 6.45) is 1.61. The molecule has 0 spiro atoms. The second kappa shape index (κ2) is 10.6. The van der Waals surface area contributed by atoms with Gasteiger partial charge in [-0.1, -0.05) is 58.9 Å². The third-order valence-electron chi connectivity index (χ3n) is 3.21. The molecule has 1 atom stereocenters. The Morgan fingerprint density at radius 3 is 1.64 bits per heavy atom. The minimum atomic E-state index is -1.89. The fourth-order valence-electron chi connectivity index (χ4n) is 2.45. The van der Waals surface area contributed by atoms with Crippen LogP contribution in [0.4, 0.5) is 0 Å². The zero-order chi connectivity index (χ0) is 22.4. The molecule has 0 amide bonds. The summed E-state index contributed by atoms with van der Waals surface area (Å²) in [6, 6.07) is -0.230. The summed E-state index contributed by atoms with van der Waals surface area (Å²) in [4.78, 5) is 28.2. The summed E-state index contributed by atoms with van der Waals surface area (Å²) in [6.45, 7) is 27.1. The molecule has 0 aromatic heterocycles. The molecule has 0 fully saturated rings. The molecule has 0 aliphatic carbocycles. The largest absolute Gasteiger partial charge is 0.519 e. The maximum atomic E-state index is 12.7. The van der Waals surface area contributed by atoms with Gasteiger partial charge < -0.3 is 19.4 Å². The second-order valence-electron chi connectivity index (χ2n) is 11.6. The van der Waals surface area contributed by atoms with E-state index in [0.29, 0.717) is 6.54 Å². The van der Waals surface area contributed by atoms with Crippen LogP contribution in [0.2, 0.25) is 78.6 Å². The summed E-state index contributed by atoms with van der Waals surface area (Å²) in [5.41, 5.74) is 0. The zero-order valence-electron chi connectivity index (χ0n) is 20.5. The van der Waals surface area contributed by atoms with Gasteiger partial charge in [-0.05, 0) is 32.5 Å². The van der Waals surface area contributed by atoms with Gasteiger partial charge in [-0.2, -0.15) is 0 Å². The molecule has 0 heterocycles. The second-order valence-corrected chi connectivity index (χ2v) is 30.3. The van der Waals surface area contributed by atoms with Crippen LogP contribution >= 0.6 is 0 Å². The fraction of sp³-hybridized carbons (Fsp3) is 0.889. The zero-order valence-corrected chi connectivity index (χ0v) is 24.5. The molecule has 0 aliphatic rings. The fourth-order valence-corrected chi connectivity index (χ4v) is 6.33. The first kappa shape index (κ1) is 27.6. The van der Waals surface area contributed by atoms with Crippen LogP contribution in [0.5, 0.6) is 0 Å². The van der Waals surface area contributed by atoms with Crippen molar-refractivity contribution in [1.82, 2.24) is 14.9 Å². The number of nitrogens with one attached hydrogen (secondary N) is 3. The van der Waals surface area contributed by atoms with E-state index in [1.54, 1.807) is 0 Å². The monoisotopic (exact) mass is 462 g/mol. The molecular formula is C18H46N4O2Si4. The first-order valence-electron chi connectivity index (χ1n) is 10.4. The summed E-state index contributed by atoms with van der Waals surface area (Å²) < 4.78 is 5.77. The van der Waals surface area contributed by atoms with E-state index in [-0.39, 0.29) is 12.0 Å². The van der Waals surface area contributed by atoms with E-state index >= 15 is 0 Å². The first-order valence-corrected chi connectivity index (χ1v) is 24.3. The quantitative estimate of drug-likeness (QED) is 0.197. The molecule has 0 aromatic rings. The Morgan fingerprint density at radius 1 is 0.821 bits per heavy atom. The van der Waals surface area contributed by atoms with E-state index in [1.807, 2.05) is 0 Å². The van der Waals surface area contributed by atoms with E-state index in [2.05, 4.69) is 93.5 Å². The highest BCUT2D eigenvalue weighted by atomic mass is 28.4. The lowest BCUT2D eigenvalue weighted by Gasteiger charge is -2.29. The molecule has 1 unspecified atom stereocenters. The highest BCUT2D eigenvalue weighted by Gasteiger charge is 2.29. The summed E-state index contributed by atoms with van der Waals surface area (Å²) in [5.74, 6) is 0.837. The summed E-state index contributed by atoms with van der Waals surface area (Å²) in [7, 11) is -6.43. The van der Waals surface area contributed by atoms with Crippen molar-refractivity contribution in [3.63, 3.8) is 0 Å². The number of hydrogen-bond acceptors (Lipinski definition) is 4. The van der Waals surface area contributed by atoms with E-state index < -0.39 is 33.0 Å². The van der Waals surface area contributed by atoms with Crippen molar-refractivity contribution in [2.75, 3.05) is 6.54 Å². The molecule has 6 nitrogen and oxygen atoms in total. The third-order valence-corrected chi connectivity index (χ3v) is 7.21. The number of carbonyl (C=O) groups excluding carboxylic acids is 1. The Labute approximate surface area is 178 Å². The lowest BCUT2D eigenvalue weighted by Crippen LogP contribution is -2.57. The van der Waals surface area contributed by atoms with Gasteiger partial charge in [-0.15, -0.1) is 0 Å².